The molecule has 1 aliphatic carbocycles. The molecule has 1 heterocycles. The predicted octanol–water partition coefficient (Wildman–Crippen LogP) is 5.22. The minimum atomic E-state index is -0.133. The second-order valence-corrected chi connectivity index (χ2v) is 8.93. The summed E-state index contributed by atoms with van der Waals surface area (Å²) in [6.45, 7) is 0.346. The van der Waals surface area contributed by atoms with Gasteiger partial charge in [0.15, 0.2) is 0 Å². The Morgan fingerprint density at radius 1 is 1.06 bits per heavy atom. The molecular formula is C24H23ClN2O3S. The van der Waals surface area contributed by atoms with Crippen LogP contribution in [-0.2, 0) is 11.3 Å². The van der Waals surface area contributed by atoms with Gasteiger partial charge < -0.3 is 15.1 Å². The SMILES string of the molecule is O=C(CSc1ccccc1C(=O)N[C@@H](c1ccc(Cl)cc1)C1CC1)NCc1ccco1. The van der Waals surface area contributed by atoms with Gasteiger partial charge in [-0.25, -0.2) is 0 Å². The van der Waals surface area contributed by atoms with E-state index < -0.39 is 0 Å². The highest BCUT2D eigenvalue weighted by molar-refractivity contribution is 8.00. The standard InChI is InChI=1S/C24H23ClN2O3S/c25-18-11-9-17(10-12-18)23(16-7-8-16)27-24(29)20-5-1-2-6-21(20)31-15-22(28)26-14-19-4-3-13-30-19/h1-6,9-13,16,23H,7-8,14-15H2,(H,26,28)(H,27,29)/t23-/m1/s1. The Kier molecular flexibility index (Phi) is 6.99. The predicted molar refractivity (Wildman–Crippen MR) is 122 cm³/mol. The van der Waals surface area contributed by atoms with E-state index >= 15 is 0 Å². The molecule has 2 amide bonds. The van der Waals surface area contributed by atoms with Crippen molar-refractivity contribution in [1.29, 1.82) is 0 Å². The van der Waals surface area contributed by atoms with Gasteiger partial charge in [-0.3, -0.25) is 9.59 Å². The van der Waals surface area contributed by atoms with Crippen molar-refractivity contribution in [3.8, 4) is 0 Å². The van der Waals surface area contributed by atoms with Gasteiger partial charge >= 0.3 is 0 Å². The summed E-state index contributed by atoms with van der Waals surface area (Å²) in [7, 11) is 0. The fourth-order valence-electron chi connectivity index (χ4n) is 3.37. The van der Waals surface area contributed by atoms with Crippen molar-refractivity contribution in [2.45, 2.75) is 30.3 Å². The van der Waals surface area contributed by atoms with Gasteiger partial charge in [0, 0.05) is 9.92 Å². The second-order valence-electron chi connectivity index (χ2n) is 7.48. The van der Waals surface area contributed by atoms with Gasteiger partial charge in [-0.15, -0.1) is 11.8 Å². The van der Waals surface area contributed by atoms with Crippen LogP contribution in [0.2, 0.25) is 5.02 Å². The van der Waals surface area contributed by atoms with Gasteiger partial charge in [0.25, 0.3) is 5.91 Å². The number of halogens is 1. The highest BCUT2D eigenvalue weighted by Crippen LogP contribution is 2.41. The number of carbonyl (C=O) groups is 2. The maximum absolute atomic E-state index is 13.1. The lowest BCUT2D eigenvalue weighted by Gasteiger charge is -2.20. The van der Waals surface area contributed by atoms with E-state index in [4.69, 9.17) is 16.0 Å². The summed E-state index contributed by atoms with van der Waals surface area (Å²) < 4.78 is 5.22. The van der Waals surface area contributed by atoms with Gasteiger partial charge in [0.1, 0.15) is 5.76 Å². The van der Waals surface area contributed by atoms with Crippen LogP contribution in [-0.4, -0.2) is 17.6 Å². The number of rotatable bonds is 9. The first-order valence-corrected chi connectivity index (χ1v) is 11.5. The average Bonchev–Trinajstić information content (AvgIpc) is 3.49. The van der Waals surface area contributed by atoms with Gasteiger partial charge in [-0.05, 0) is 60.7 Å². The normalized spacial score (nSPS) is 14.1. The monoisotopic (exact) mass is 454 g/mol. The van der Waals surface area contributed by atoms with Crippen molar-refractivity contribution in [3.05, 3.63) is 88.8 Å². The summed E-state index contributed by atoms with van der Waals surface area (Å²) in [6, 6.07) is 18.6. The number of hydrogen-bond acceptors (Lipinski definition) is 4. The minimum absolute atomic E-state index is 0.0422. The van der Waals surface area contributed by atoms with Crippen molar-refractivity contribution in [2.24, 2.45) is 5.92 Å². The van der Waals surface area contributed by atoms with Crippen molar-refractivity contribution in [2.75, 3.05) is 5.75 Å². The zero-order chi connectivity index (χ0) is 21.6. The molecule has 1 aliphatic rings. The van der Waals surface area contributed by atoms with Crippen LogP contribution in [0.25, 0.3) is 0 Å². The van der Waals surface area contributed by atoms with E-state index in [0.29, 0.717) is 28.8 Å². The molecular weight excluding hydrogens is 432 g/mol. The molecule has 1 fully saturated rings. The summed E-state index contributed by atoms with van der Waals surface area (Å²) in [4.78, 5) is 26.1. The molecule has 1 atom stereocenters. The smallest absolute Gasteiger partial charge is 0.252 e. The molecule has 4 rings (SSSR count). The summed E-state index contributed by atoms with van der Waals surface area (Å²) in [6.07, 6.45) is 3.77. The van der Waals surface area contributed by atoms with E-state index in [2.05, 4.69) is 10.6 Å². The zero-order valence-corrected chi connectivity index (χ0v) is 18.4. The molecule has 7 heteroatoms. The topological polar surface area (TPSA) is 71.3 Å². The average molecular weight is 455 g/mol. The molecule has 0 unspecified atom stereocenters. The summed E-state index contributed by atoms with van der Waals surface area (Å²) in [5.74, 6) is 1.11. The van der Waals surface area contributed by atoms with Gasteiger partial charge in [-0.2, -0.15) is 0 Å². The Morgan fingerprint density at radius 2 is 1.84 bits per heavy atom. The molecule has 160 valence electrons. The quantitative estimate of drug-likeness (QED) is 0.435. The number of nitrogens with one attached hydrogen (secondary N) is 2. The van der Waals surface area contributed by atoms with Crippen LogP contribution in [0.1, 0.15) is 40.6 Å². The first-order valence-electron chi connectivity index (χ1n) is 10.2. The second kappa shape index (κ2) is 10.1. The number of thioether (sulfide) groups is 1. The molecule has 2 N–H and O–H groups in total. The van der Waals surface area contributed by atoms with Crippen molar-refractivity contribution >= 4 is 35.2 Å². The molecule has 1 aromatic heterocycles. The largest absolute Gasteiger partial charge is 0.467 e. The van der Waals surface area contributed by atoms with Crippen LogP contribution in [0.15, 0.2) is 76.2 Å². The van der Waals surface area contributed by atoms with E-state index in [1.807, 2.05) is 48.5 Å². The fourth-order valence-corrected chi connectivity index (χ4v) is 4.37. The molecule has 0 radical (unpaired) electrons. The molecule has 0 aliphatic heterocycles. The van der Waals surface area contributed by atoms with Crippen molar-refractivity contribution in [3.63, 3.8) is 0 Å². The van der Waals surface area contributed by atoms with Gasteiger partial charge in [-0.1, -0.05) is 35.9 Å². The molecule has 31 heavy (non-hydrogen) atoms. The Balaban J connectivity index is 1.39. The molecule has 3 aromatic rings. The summed E-state index contributed by atoms with van der Waals surface area (Å²) in [5.41, 5.74) is 1.63. The lowest BCUT2D eigenvalue weighted by Crippen LogP contribution is -2.30. The molecule has 0 spiro atoms. The Bertz CT molecular complexity index is 1030. The number of furan rings is 1. The Morgan fingerprint density at radius 3 is 2.55 bits per heavy atom. The molecule has 2 aromatic carbocycles. The molecule has 0 bridgehead atoms. The first kappa shape index (κ1) is 21.5. The number of carbonyl (C=O) groups excluding carboxylic acids is 2. The van der Waals surface area contributed by atoms with E-state index in [-0.39, 0.29) is 23.6 Å². The Labute approximate surface area is 190 Å². The molecule has 5 nitrogen and oxygen atoms in total. The maximum Gasteiger partial charge on any atom is 0.252 e. The van der Waals surface area contributed by atoms with Crippen molar-refractivity contribution in [1.82, 2.24) is 10.6 Å². The van der Waals surface area contributed by atoms with Crippen LogP contribution in [0.3, 0.4) is 0 Å². The van der Waals surface area contributed by atoms with E-state index in [9.17, 15) is 9.59 Å². The highest BCUT2D eigenvalue weighted by atomic mass is 35.5. The van der Waals surface area contributed by atoms with Crippen LogP contribution in [0.5, 0.6) is 0 Å². The van der Waals surface area contributed by atoms with Gasteiger partial charge in [0.05, 0.1) is 30.2 Å². The third-order valence-corrected chi connectivity index (χ3v) is 6.46. The number of benzene rings is 2. The Hall–Kier alpha value is -2.70. The minimum Gasteiger partial charge on any atom is -0.467 e. The third-order valence-electron chi connectivity index (χ3n) is 5.14. The first-order chi connectivity index (χ1) is 15.1. The van der Waals surface area contributed by atoms with E-state index in [0.717, 1.165) is 23.3 Å². The van der Waals surface area contributed by atoms with Crippen LogP contribution >= 0.6 is 23.4 Å². The van der Waals surface area contributed by atoms with E-state index in [1.165, 1.54) is 11.8 Å². The van der Waals surface area contributed by atoms with Crippen LogP contribution < -0.4 is 10.6 Å². The lowest BCUT2D eigenvalue weighted by molar-refractivity contribution is -0.118. The van der Waals surface area contributed by atoms with E-state index in [1.54, 1.807) is 18.4 Å². The number of hydrogen-bond donors (Lipinski definition) is 2. The maximum atomic E-state index is 13.1. The summed E-state index contributed by atoms with van der Waals surface area (Å²) in [5, 5.41) is 6.69. The fraction of sp³-hybridized carbons (Fsp3) is 0.250. The van der Waals surface area contributed by atoms with Crippen molar-refractivity contribution < 1.29 is 14.0 Å². The number of amides is 2. The van der Waals surface area contributed by atoms with Crippen LogP contribution in [0.4, 0.5) is 0 Å². The lowest BCUT2D eigenvalue weighted by atomic mass is 10.0. The molecule has 1 saturated carbocycles. The van der Waals surface area contributed by atoms with Crippen LogP contribution in [0, 0.1) is 5.92 Å². The van der Waals surface area contributed by atoms with Gasteiger partial charge in [0.2, 0.25) is 5.91 Å². The zero-order valence-electron chi connectivity index (χ0n) is 16.8. The molecule has 0 saturated heterocycles. The third kappa shape index (κ3) is 5.93. The highest BCUT2D eigenvalue weighted by Gasteiger charge is 2.33. The summed E-state index contributed by atoms with van der Waals surface area (Å²) >= 11 is 7.37.